The Labute approximate surface area is 423 Å². The second kappa shape index (κ2) is 21.1. The third-order valence-electron chi connectivity index (χ3n) is 12.4. The van der Waals surface area contributed by atoms with Gasteiger partial charge in [-0.3, -0.25) is 9.59 Å². The zero-order valence-electron chi connectivity index (χ0n) is 41.7. The molecule has 0 bridgehead atoms. The summed E-state index contributed by atoms with van der Waals surface area (Å²) in [7, 11) is 5.10. The highest BCUT2D eigenvalue weighted by molar-refractivity contribution is 6.11. The number of methoxy groups -OCH3 is 4. The number of carbonyl (C=O) groups excluding carboxylic acids is 4. The third-order valence-corrected chi connectivity index (χ3v) is 12.4. The standard InChI is InChI=1S/C28H26N2O7.C27H24N2O8/c1-15-6-18(25-20(15)10-29(9-17(3)31)12-22(25)27(34)36-4)8-19-7-16(2)21-11-30(14-24(32)33)13-23(26(19)21)28(35)37-5;1-14-5-16(18-8-28(12-22(30)31)10-20(24(14)18)26(34)36-3)7-17-6-15(2)25-19(17)9-29(13-23(32)33)11-21(25)27(35)37-4/h6-8,10-13H,3,9,14H2,1-2,4-5H3,(H-,31,32,33);5-11H,12-13H2,1-4H3,(H-,30,31,32,33)/p+2. The monoisotopic (exact) mass is 1010 g/mol. The molecule has 2 aromatic rings. The molecule has 8 rings (SSSR count). The second-order valence-electron chi connectivity index (χ2n) is 17.7. The predicted molar refractivity (Wildman–Crippen MR) is 268 cm³/mol. The van der Waals surface area contributed by atoms with Crippen LogP contribution >= 0.6 is 0 Å². The number of hydrogen-bond donors (Lipinski definition) is 4. The number of esters is 4. The van der Waals surface area contributed by atoms with Crippen molar-refractivity contribution < 1.29 is 82.1 Å². The number of hydrogen-bond acceptors (Lipinski definition) is 12. The molecule has 0 aromatic carbocycles. The fourth-order valence-electron chi connectivity index (χ4n) is 9.52. The summed E-state index contributed by atoms with van der Waals surface area (Å²) in [5.41, 5.74) is 12.7. The molecule has 74 heavy (non-hydrogen) atoms. The Morgan fingerprint density at radius 1 is 0.500 bits per heavy atom. The maximum absolute atomic E-state index is 12.8. The Hall–Kier alpha value is -9.39. The molecule has 4 N–H and O–H groups in total. The number of carbonyl (C=O) groups is 7. The van der Waals surface area contributed by atoms with E-state index in [2.05, 4.69) is 6.58 Å². The first-order valence-corrected chi connectivity index (χ1v) is 22.6. The molecule has 0 atom stereocenters. The van der Waals surface area contributed by atoms with E-state index in [0.29, 0.717) is 38.9 Å². The summed E-state index contributed by atoms with van der Waals surface area (Å²) in [5, 5.41) is 37.6. The fraction of sp³-hybridized carbons (Fsp3) is 0.218. The fourth-order valence-corrected chi connectivity index (χ4v) is 9.52. The third kappa shape index (κ3) is 10.5. The molecule has 19 nitrogen and oxygen atoms in total. The van der Waals surface area contributed by atoms with E-state index in [0.717, 1.165) is 55.7 Å². The number of pyridine rings is 4. The minimum Gasteiger partial charge on any atom is -0.506 e. The smallest absolute Gasteiger partial charge is 0.370 e. The van der Waals surface area contributed by atoms with Crippen molar-refractivity contribution in [1.82, 2.24) is 9.13 Å². The quantitative estimate of drug-likeness (QED) is 0.0380. The number of fused-ring (bicyclic) bond motifs is 4. The number of aliphatic hydroxyl groups excluding tert-OH is 1. The molecule has 380 valence electrons. The van der Waals surface area contributed by atoms with E-state index in [1.54, 1.807) is 29.4 Å². The summed E-state index contributed by atoms with van der Waals surface area (Å²) in [5.74, 6) is -5.51. The van der Waals surface area contributed by atoms with Gasteiger partial charge in [0.1, 0.15) is 24.2 Å². The van der Waals surface area contributed by atoms with E-state index < -0.39 is 41.8 Å². The highest BCUT2D eigenvalue weighted by Gasteiger charge is 2.32. The van der Waals surface area contributed by atoms with Crippen molar-refractivity contribution in [2.75, 3.05) is 28.4 Å². The van der Waals surface area contributed by atoms with Gasteiger partial charge < -0.3 is 48.5 Å². The number of allylic oxidation sites excluding steroid dienone is 7. The number of aliphatic hydroxyl groups is 1. The molecule has 2 aliphatic heterocycles. The van der Waals surface area contributed by atoms with Crippen molar-refractivity contribution in [3.8, 4) is 22.3 Å². The van der Waals surface area contributed by atoms with Gasteiger partial charge >= 0.3 is 41.8 Å². The highest BCUT2D eigenvalue weighted by atomic mass is 16.5. The molecule has 0 unspecified atom stereocenters. The number of aryl methyl sites for hydroxylation is 2. The predicted octanol–water partition coefficient (Wildman–Crippen LogP) is 6.76. The van der Waals surface area contributed by atoms with Crippen LogP contribution in [-0.2, 0) is 59.5 Å². The Morgan fingerprint density at radius 3 is 1.51 bits per heavy atom. The number of carboxylic acid groups (broad SMARTS) is 3. The molecular formula is C55H52N4O15+2. The van der Waals surface area contributed by atoms with Crippen LogP contribution in [0.15, 0.2) is 86.2 Å². The first-order chi connectivity index (χ1) is 35.1. The molecule has 0 spiro atoms. The second-order valence-corrected chi connectivity index (χ2v) is 17.7. The van der Waals surface area contributed by atoms with Gasteiger partial charge in [-0.2, -0.15) is 9.13 Å². The summed E-state index contributed by atoms with van der Waals surface area (Å²) in [4.78, 5) is 84.6. The number of aliphatic carboxylic acids is 3. The lowest BCUT2D eigenvalue weighted by Gasteiger charge is -2.14. The van der Waals surface area contributed by atoms with Crippen molar-refractivity contribution >= 4 is 76.2 Å². The van der Waals surface area contributed by atoms with Crippen molar-refractivity contribution in [3.05, 3.63) is 153 Å². The first kappa shape index (κ1) is 52.4. The highest BCUT2D eigenvalue weighted by Crippen LogP contribution is 2.44. The van der Waals surface area contributed by atoms with Crippen LogP contribution in [0.2, 0.25) is 0 Å². The Kier molecular flexibility index (Phi) is 15.0. The zero-order valence-corrected chi connectivity index (χ0v) is 41.7. The molecule has 0 saturated carbocycles. The lowest BCUT2D eigenvalue weighted by atomic mass is 9.96. The van der Waals surface area contributed by atoms with E-state index in [1.165, 1.54) is 60.7 Å². The summed E-state index contributed by atoms with van der Waals surface area (Å²) in [6.07, 6.45) is 20.4. The van der Waals surface area contributed by atoms with Gasteiger partial charge in [-0.1, -0.05) is 30.9 Å². The van der Waals surface area contributed by atoms with E-state index in [-0.39, 0.29) is 48.6 Å². The zero-order chi connectivity index (χ0) is 54.0. The van der Waals surface area contributed by atoms with Gasteiger partial charge in [0, 0.05) is 58.2 Å². The Morgan fingerprint density at radius 2 is 0.973 bits per heavy atom. The molecule has 0 fully saturated rings. The van der Waals surface area contributed by atoms with Crippen molar-refractivity contribution in [1.29, 1.82) is 0 Å². The molecule has 0 amide bonds. The van der Waals surface area contributed by atoms with Crippen LogP contribution in [0.25, 0.3) is 56.7 Å². The van der Waals surface area contributed by atoms with Crippen LogP contribution in [0.1, 0.15) is 99.8 Å². The molecule has 4 aliphatic carbocycles. The van der Waals surface area contributed by atoms with Crippen LogP contribution in [0.5, 0.6) is 0 Å². The molecule has 0 saturated heterocycles. The molecule has 19 heteroatoms. The topological polar surface area (TPSA) is 255 Å². The summed E-state index contributed by atoms with van der Waals surface area (Å²) in [6, 6.07) is 3.79. The maximum Gasteiger partial charge on any atom is 0.370 e. The van der Waals surface area contributed by atoms with Crippen molar-refractivity contribution in [2.24, 2.45) is 0 Å². The largest absolute Gasteiger partial charge is 0.506 e. The van der Waals surface area contributed by atoms with Crippen molar-refractivity contribution in [3.63, 3.8) is 0 Å². The van der Waals surface area contributed by atoms with E-state index in [1.807, 2.05) is 70.3 Å². The molecular weight excluding hydrogens is 957 g/mol. The maximum atomic E-state index is 12.8. The Bertz CT molecular complexity index is 3470. The van der Waals surface area contributed by atoms with Crippen LogP contribution < -0.4 is 9.13 Å². The van der Waals surface area contributed by atoms with Gasteiger partial charge in [0.2, 0.25) is 13.1 Å². The van der Waals surface area contributed by atoms with E-state index in [9.17, 15) is 54.0 Å². The van der Waals surface area contributed by atoms with Gasteiger partial charge in [-0.05, 0) is 84.4 Å². The molecule has 2 aromatic heterocycles. The molecule has 4 heterocycles. The average molecular weight is 1010 g/mol. The minimum atomic E-state index is -1.06. The number of rotatable bonds is 14. The van der Waals surface area contributed by atoms with E-state index in [4.69, 9.17) is 18.9 Å². The summed E-state index contributed by atoms with van der Waals surface area (Å²) >= 11 is 0. The molecule has 6 aliphatic rings. The van der Waals surface area contributed by atoms with E-state index >= 15 is 0 Å². The number of nitrogens with zero attached hydrogens (tertiary/aromatic N) is 4. The van der Waals surface area contributed by atoms with Crippen LogP contribution in [-0.4, -0.2) is 99.8 Å². The minimum absolute atomic E-state index is 0.0506. The summed E-state index contributed by atoms with van der Waals surface area (Å²) < 4.78 is 25.9. The van der Waals surface area contributed by atoms with Gasteiger partial charge in [0.15, 0.2) is 30.5 Å². The van der Waals surface area contributed by atoms with Gasteiger partial charge in [0.25, 0.3) is 0 Å². The number of aromatic nitrogens is 4. The van der Waals surface area contributed by atoms with Crippen LogP contribution in [0.3, 0.4) is 0 Å². The first-order valence-electron chi connectivity index (χ1n) is 22.6. The van der Waals surface area contributed by atoms with Gasteiger partial charge in [0.05, 0.1) is 50.7 Å². The van der Waals surface area contributed by atoms with Crippen molar-refractivity contribution in [2.45, 2.75) is 53.9 Å². The number of carboxylic acids is 3. The average Bonchev–Trinajstić information content (AvgIpc) is 4.04. The lowest BCUT2D eigenvalue weighted by Crippen LogP contribution is -2.39. The SMILES string of the molecule is C=C(O)C[n+]1cc(C(=O)OC)c2c(c1)C(C)=C/C2=C\c1cc(C)c2cn(CC(=O)O)cc(C(=O)OC)c1-2.COC(=O)c1c[n+](CC(=O)O)cc2c1C(C)=CC2=Cc1cc(C)c2c(C(=O)OC)cn(CC(=O)O)cc1-2. The summed E-state index contributed by atoms with van der Waals surface area (Å²) in [6.45, 7) is 10.1. The van der Waals surface area contributed by atoms with Gasteiger partial charge in [-0.25, -0.2) is 24.0 Å². The lowest BCUT2D eigenvalue weighted by molar-refractivity contribution is -0.691. The van der Waals surface area contributed by atoms with Gasteiger partial charge in [-0.15, -0.1) is 0 Å². The normalized spacial score (nSPS) is 13.4. The molecule has 0 radical (unpaired) electrons. The van der Waals surface area contributed by atoms with Crippen LogP contribution in [0.4, 0.5) is 0 Å². The number of ether oxygens (including phenoxy) is 4. The Balaban J connectivity index is 0.000000216. The van der Waals surface area contributed by atoms with Crippen LogP contribution in [0, 0.1) is 13.8 Å².